The van der Waals surface area contributed by atoms with E-state index in [1.165, 1.54) is 11.3 Å². The van der Waals surface area contributed by atoms with Gasteiger partial charge in [0.15, 0.2) is 0 Å². The Bertz CT molecular complexity index is 316. The third kappa shape index (κ3) is 1.65. The first-order chi connectivity index (χ1) is 6.27. The molecule has 2 heterocycles. The van der Waals surface area contributed by atoms with E-state index >= 15 is 0 Å². The van der Waals surface area contributed by atoms with Crippen molar-refractivity contribution in [3.8, 4) is 0 Å². The van der Waals surface area contributed by atoms with Gasteiger partial charge in [-0.3, -0.25) is 4.68 Å². The third-order valence-corrected chi connectivity index (χ3v) is 2.51. The lowest BCUT2D eigenvalue weighted by molar-refractivity contribution is 0.718. The van der Waals surface area contributed by atoms with Crippen molar-refractivity contribution < 1.29 is 0 Å². The van der Waals surface area contributed by atoms with Crippen LogP contribution in [-0.2, 0) is 7.05 Å². The fourth-order valence-corrected chi connectivity index (χ4v) is 1.57. The number of aryl methyl sites for hydroxylation is 2. The summed E-state index contributed by atoms with van der Waals surface area (Å²) in [4.78, 5) is 0. The molecule has 1 aromatic heterocycles. The van der Waals surface area contributed by atoms with Crippen LogP contribution in [0.25, 0.3) is 5.57 Å². The fraction of sp³-hybridized carbons (Fsp3) is 0.500. The molecule has 0 fully saturated rings. The van der Waals surface area contributed by atoms with Gasteiger partial charge in [-0.05, 0) is 31.5 Å². The minimum atomic E-state index is 0.977. The van der Waals surface area contributed by atoms with Crippen molar-refractivity contribution in [3.63, 3.8) is 0 Å². The Morgan fingerprint density at radius 2 is 2.38 bits per heavy atom. The first-order valence-electron chi connectivity index (χ1n) is 4.68. The Morgan fingerprint density at radius 1 is 1.54 bits per heavy atom. The summed E-state index contributed by atoms with van der Waals surface area (Å²) in [6.07, 6.45) is 3.32. The van der Waals surface area contributed by atoms with E-state index in [0.717, 1.165) is 25.2 Å². The Morgan fingerprint density at radius 3 is 2.92 bits per heavy atom. The Labute approximate surface area is 78.4 Å². The quantitative estimate of drug-likeness (QED) is 0.696. The van der Waals surface area contributed by atoms with Crippen LogP contribution in [0.5, 0.6) is 0 Å². The predicted octanol–water partition coefficient (Wildman–Crippen LogP) is 1.11. The van der Waals surface area contributed by atoms with E-state index in [2.05, 4.69) is 29.5 Å². The van der Waals surface area contributed by atoms with E-state index in [4.69, 9.17) is 0 Å². The van der Waals surface area contributed by atoms with Gasteiger partial charge < -0.3 is 5.32 Å². The van der Waals surface area contributed by atoms with Gasteiger partial charge in [0.2, 0.25) is 0 Å². The van der Waals surface area contributed by atoms with Gasteiger partial charge in [0.1, 0.15) is 0 Å². The molecule has 3 heteroatoms. The molecule has 0 atom stereocenters. The van der Waals surface area contributed by atoms with Gasteiger partial charge >= 0.3 is 0 Å². The highest BCUT2D eigenvalue weighted by Crippen LogP contribution is 2.18. The SMILES string of the molecule is Cc1cc(C2=CCNCC2)nn1C. The molecule has 1 aliphatic rings. The van der Waals surface area contributed by atoms with E-state index in [1.807, 2.05) is 11.7 Å². The first kappa shape index (κ1) is 8.51. The normalized spacial score (nSPS) is 17.2. The fourth-order valence-electron chi connectivity index (χ4n) is 1.57. The molecule has 1 aliphatic heterocycles. The molecule has 3 nitrogen and oxygen atoms in total. The van der Waals surface area contributed by atoms with Crippen molar-refractivity contribution >= 4 is 5.57 Å². The molecule has 70 valence electrons. The number of nitrogens with zero attached hydrogens (tertiary/aromatic N) is 2. The van der Waals surface area contributed by atoms with E-state index in [-0.39, 0.29) is 0 Å². The molecule has 0 aromatic carbocycles. The summed E-state index contributed by atoms with van der Waals surface area (Å²) in [5.74, 6) is 0. The lowest BCUT2D eigenvalue weighted by atomic mass is 10.1. The molecule has 2 rings (SSSR count). The summed E-state index contributed by atoms with van der Waals surface area (Å²) in [7, 11) is 1.99. The molecule has 0 spiro atoms. The van der Waals surface area contributed by atoms with Crippen molar-refractivity contribution in [2.24, 2.45) is 7.05 Å². The molecule has 1 N–H and O–H groups in total. The van der Waals surface area contributed by atoms with E-state index in [9.17, 15) is 0 Å². The highest BCUT2D eigenvalue weighted by atomic mass is 15.3. The largest absolute Gasteiger partial charge is 0.313 e. The zero-order valence-electron chi connectivity index (χ0n) is 8.17. The van der Waals surface area contributed by atoms with E-state index < -0.39 is 0 Å². The predicted molar refractivity (Wildman–Crippen MR) is 53.4 cm³/mol. The van der Waals surface area contributed by atoms with Crippen LogP contribution in [0.15, 0.2) is 12.1 Å². The molecular formula is C10H15N3. The van der Waals surface area contributed by atoms with Gasteiger partial charge in [0.05, 0.1) is 5.69 Å². The van der Waals surface area contributed by atoms with E-state index in [0.29, 0.717) is 0 Å². The molecule has 1 aromatic rings. The van der Waals surface area contributed by atoms with Gasteiger partial charge in [-0.1, -0.05) is 6.08 Å². The van der Waals surface area contributed by atoms with Crippen LogP contribution in [0.4, 0.5) is 0 Å². The maximum Gasteiger partial charge on any atom is 0.0883 e. The summed E-state index contributed by atoms with van der Waals surface area (Å²) >= 11 is 0. The minimum absolute atomic E-state index is 0.977. The summed E-state index contributed by atoms with van der Waals surface area (Å²) in [6.45, 7) is 4.13. The van der Waals surface area contributed by atoms with Gasteiger partial charge in [0.25, 0.3) is 0 Å². The van der Waals surface area contributed by atoms with Crippen LogP contribution in [0.2, 0.25) is 0 Å². The summed E-state index contributed by atoms with van der Waals surface area (Å²) < 4.78 is 1.93. The Balaban J connectivity index is 2.29. The second-order valence-electron chi connectivity index (χ2n) is 3.48. The zero-order chi connectivity index (χ0) is 9.26. The third-order valence-electron chi connectivity index (χ3n) is 2.51. The topological polar surface area (TPSA) is 29.9 Å². The molecule has 0 amide bonds. The summed E-state index contributed by atoms with van der Waals surface area (Å²) in [5.41, 5.74) is 3.73. The average Bonchev–Trinajstić information content (AvgIpc) is 2.49. The molecule has 0 radical (unpaired) electrons. The number of hydrogen-bond donors (Lipinski definition) is 1. The lowest BCUT2D eigenvalue weighted by Gasteiger charge is -2.11. The van der Waals surface area contributed by atoms with Gasteiger partial charge in [0, 0.05) is 19.3 Å². The highest BCUT2D eigenvalue weighted by molar-refractivity contribution is 5.63. The number of rotatable bonds is 1. The van der Waals surface area contributed by atoms with Gasteiger partial charge in [-0.25, -0.2) is 0 Å². The van der Waals surface area contributed by atoms with Crippen molar-refractivity contribution in [2.75, 3.05) is 13.1 Å². The van der Waals surface area contributed by atoms with Crippen molar-refractivity contribution in [3.05, 3.63) is 23.5 Å². The molecule has 0 unspecified atom stereocenters. The molecule has 0 bridgehead atoms. The average molecular weight is 177 g/mol. The number of aromatic nitrogens is 2. The summed E-state index contributed by atoms with van der Waals surface area (Å²) in [6, 6.07) is 2.15. The first-order valence-corrected chi connectivity index (χ1v) is 4.68. The Hall–Kier alpha value is -1.09. The second kappa shape index (κ2) is 3.34. The maximum atomic E-state index is 4.45. The zero-order valence-corrected chi connectivity index (χ0v) is 8.17. The van der Waals surface area contributed by atoms with E-state index in [1.54, 1.807) is 0 Å². The lowest BCUT2D eigenvalue weighted by Crippen LogP contribution is -2.20. The maximum absolute atomic E-state index is 4.45. The summed E-state index contributed by atoms with van der Waals surface area (Å²) in [5, 5.41) is 7.75. The van der Waals surface area contributed by atoms with Crippen LogP contribution >= 0.6 is 0 Å². The van der Waals surface area contributed by atoms with Crippen molar-refractivity contribution in [1.82, 2.24) is 15.1 Å². The molecule has 0 aliphatic carbocycles. The van der Waals surface area contributed by atoms with Crippen LogP contribution in [0.3, 0.4) is 0 Å². The second-order valence-corrected chi connectivity index (χ2v) is 3.48. The molecule has 0 saturated heterocycles. The van der Waals surface area contributed by atoms with Gasteiger partial charge in [-0.2, -0.15) is 5.10 Å². The van der Waals surface area contributed by atoms with Crippen molar-refractivity contribution in [2.45, 2.75) is 13.3 Å². The Kier molecular flexibility index (Phi) is 2.19. The van der Waals surface area contributed by atoms with Crippen LogP contribution in [0.1, 0.15) is 17.8 Å². The molecule has 0 saturated carbocycles. The van der Waals surface area contributed by atoms with Crippen LogP contribution in [-0.4, -0.2) is 22.9 Å². The smallest absolute Gasteiger partial charge is 0.0883 e. The van der Waals surface area contributed by atoms with Crippen molar-refractivity contribution in [1.29, 1.82) is 0 Å². The van der Waals surface area contributed by atoms with Crippen LogP contribution < -0.4 is 5.32 Å². The standard InChI is InChI=1S/C10H15N3/c1-8-7-10(12-13(8)2)9-3-5-11-6-4-9/h3,7,11H,4-6H2,1-2H3. The number of hydrogen-bond acceptors (Lipinski definition) is 2. The highest BCUT2D eigenvalue weighted by Gasteiger charge is 2.09. The molecular weight excluding hydrogens is 162 g/mol. The monoisotopic (exact) mass is 177 g/mol. The minimum Gasteiger partial charge on any atom is -0.313 e. The van der Waals surface area contributed by atoms with Crippen LogP contribution in [0, 0.1) is 6.92 Å². The number of nitrogens with one attached hydrogen (secondary N) is 1. The molecule has 13 heavy (non-hydrogen) atoms. The van der Waals surface area contributed by atoms with Gasteiger partial charge in [-0.15, -0.1) is 0 Å².